The number of carbonyl (C=O) groups excluding carboxylic acids is 1. The number of aryl methyl sites for hydroxylation is 1. The largest absolute Gasteiger partial charge is 0.393 e. The van der Waals surface area contributed by atoms with Gasteiger partial charge in [0.25, 0.3) is 5.91 Å². The van der Waals surface area contributed by atoms with Crippen molar-refractivity contribution in [2.24, 2.45) is 5.92 Å². The Balaban J connectivity index is 1.72. The summed E-state index contributed by atoms with van der Waals surface area (Å²) in [5.41, 5.74) is 1.15. The fourth-order valence-electron chi connectivity index (χ4n) is 3.42. The van der Waals surface area contributed by atoms with Crippen LogP contribution in [0.2, 0.25) is 0 Å². The summed E-state index contributed by atoms with van der Waals surface area (Å²) >= 11 is 0. The van der Waals surface area contributed by atoms with E-state index < -0.39 is 6.10 Å². The van der Waals surface area contributed by atoms with Crippen LogP contribution in [-0.4, -0.2) is 44.9 Å². The predicted molar refractivity (Wildman–Crippen MR) is 92.6 cm³/mol. The van der Waals surface area contributed by atoms with E-state index in [0.29, 0.717) is 43.7 Å². The van der Waals surface area contributed by atoms with E-state index in [1.165, 1.54) is 6.07 Å². The van der Waals surface area contributed by atoms with Crippen molar-refractivity contribution in [3.05, 3.63) is 53.6 Å². The molecule has 0 bridgehead atoms. The molecule has 2 heterocycles. The Morgan fingerprint density at radius 1 is 1.36 bits per heavy atom. The number of aromatic nitrogens is 2. The number of aliphatic hydroxyl groups excluding tert-OH is 1. The van der Waals surface area contributed by atoms with Gasteiger partial charge in [0.1, 0.15) is 11.5 Å². The summed E-state index contributed by atoms with van der Waals surface area (Å²) in [6.45, 7) is 3.66. The van der Waals surface area contributed by atoms with Gasteiger partial charge in [0.05, 0.1) is 6.10 Å². The van der Waals surface area contributed by atoms with Gasteiger partial charge in [-0.2, -0.15) is 5.10 Å². The normalized spacial score (nSPS) is 20.7. The summed E-state index contributed by atoms with van der Waals surface area (Å²) in [6.07, 6.45) is 2.94. The van der Waals surface area contributed by atoms with Crippen LogP contribution >= 0.6 is 0 Å². The van der Waals surface area contributed by atoms with Gasteiger partial charge in [0, 0.05) is 31.7 Å². The smallest absolute Gasteiger partial charge is 0.272 e. The minimum Gasteiger partial charge on any atom is -0.393 e. The van der Waals surface area contributed by atoms with Gasteiger partial charge in [-0.05, 0) is 37.0 Å². The Morgan fingerprint density at radius 3 is 2.92 bits per heavy atom. The second-order valence-electron chi connectivity index (χ2n) is 6.60. The van der Waals surface area contributed by atoms with E-state index in [0.717, 1.165) is 6.42 Å². The summed E-state index contributed by atoms with van der Waals surface area (Å²) in [7, 11) is 0. The third-order valence-corrected chi connectivity index (χ3v) is 4.79. The number of benzene rings is 1. The van der Waals surface area contributed by atoms with E-state index in [4.69, 9.17) is 0 Å². The van der Waals surface area contributed by atoms with Crippen LogP contribution in [0.5, 0.6) is 0 Å². The SMILES string of the molecule is CCCn1nccc1C(=O)N1CC[C@H](O)[C@H](Cc2ccccc2F)C1. The van der Waals surface area contributed by atoms with Gasteiger partial charge in [-0.15, -0.1) is 0 Å². The molecule has 5 nitrogen and oxygen atoms in total. The molecule has 0 aliphatic carbocycles. The quantitative estimate of drug-likeness (QED) is 0.906. The number of aliphatic hydroxyl groups is 1. The lowest BCUT2D eigenvalue weighted by Gasteiger charge is -2.36. The number of halogens is 1. The molecule has 1 aromatic carbocycles. The standard InChI is InChI=1S/C19H24FN3O2/c1-2-10-23-17(7-9-21-23)19(25)22-11-8-18(24)15(13-22)12-14-5-3-4-6-16(14)20/h3-7,9,15,18,24H,2,8,10-13H2,1H3/t15-,18+/m1/s1. The number of amides is 1. The summed E-state index contributed by atoms with van der Waals surface area (Å²) in [5.74, 6) is -0.507. The first-order valence-corrected chi connectivity index (χ1v) is 8.82. The highest BCUT2D eigenvalue weighted by Crippen LogP contribution is 2.24. The van der Waals surface area contributed by atoms with Crippen LogP contribution < -0.4 is 0 Å². The minimum absolute atomic E-state index is 0.0728. The molecule has 0 radical (unpaired) electrons. The number of rotatable bonds is 5. The lowest BCUT2D eigenvalue weighted by Crippen LogP contribution is -2.47. The summed E-state index contributed by atoms with van der Waals surface area (Å²) < 4.78 is 15.6. The van der Waals surface area contributed by atoms with Gasteiger partial charge >= 0.3 is 0 Å². The van der Waals surface area contributed by atoms with Crippen molar-refractivity contribution in [1.29, 1.82) is 0 Å². The van der Waals surface area contributed by atoms with E-state index in [1.54, 1.807) is 40.0 Å². The molecule has 2 aromatic rings. The zero-order valence-corrected chi connectivity index (χ0v) is 14.4. The number of hydrogen-bond acceptors (Lipinski definition) is 3. The highest BCUT2D eigenvalue weighted by Gasteiger charge is 2.32. The van der Waals surface area contributed by atoms with Gasteiger partial charge in [-0.3, -0.25) is 9.48 Å². The Hall–Kier alpha value is -2.21. The molecule has 25 heavy (non-hydrogen) atoms. The lowest BCUT2D eigenvalue weighted by molar-refractivity contribution is 0.0232. The average molecular weight is 345 g/mol. The number of hydrogen-bond donors (Lipinski definition) is 1. The molecule has 0 spiro atoms. The van der Waals surface area contributed by atoms with Crippen molar-refractivity contribution in [2.75, 3.05) is 13.1 Å². The van der Waals surface area contributed by atoms with Gasteiger partial charge in [-0.1, -0.05) is 25.1 Å². The maximum atomic E-state index is 13.9. The number of nitrogens with zero attached hydrogens (tertiary/aromatic N) is 3. The van der Waals surface area contributed by atoms with Crippen molar-refractivity contribution in [3.63, 3.8) is 0 Å². The third kappa shape index (κ3) is 3.90. The van der Waals surface area contributed by atoms with E-state index in [1.807, 2.05) is 6.92 Å². The van der Waals surface area contributed by atoms with Gasteiger partial charge < -0.3 is 10.0 Å². The highest BCUT2D eigenvalue weighted by molar-refractivity contribution is 5.92. The molecule has 3 rings (SSSR count). The van der Waals surface area contributed by atoms with Gasteiger partial charge in [0.15, 0.2) is 0 Å². The van der Waals surface area contributed by atoms with Crippen LogP contribution in [0.25, 0.3) is 0 Å². The number of piperidine rings is 1. The Kier molecular flexibility index (Phi) is 5.48. The Bertz CT molecular complexity index is 731. The van der Waals surface area contributed by atoms with Crippen LogP contribution in [0.4, 0.5) is 4.39 Å². The molecule has 134 valence electrons. The first-order valence-electron chi connectivity index (χ1n) is 8.82. The molecule has 1 aliphatic heterocycles. The predicted octanol–water partition coefficient (Wildman–Crippen LogP) is 2.50. The molecule has 1 amide bonds. The van der Waals surface area contributed by atoms with Crippen molar-refractivity contribution in [1.82, 2.24) is 14.7 Å². The van der Waals surface area contributed by atoms with Crippen LogP contribution in [0.15, 0.2) is 36.5 Å². The van der Waals surface area contributed by atoms with E-state index in [-0.39, 0.29) is 17.6 Å². The number of likely N-dealkylation sites (tertiary alicyclic amines) is 1. The molecule has 0 unspecified atom stereocenters. The third-order valence-electron chi connectivity index (χ3n) is 4.79. The molecule has 1 fully saturated rings. The molecule has 2 atom stereocenters. The minimum atomic E-state index is -0.524. The molecule has 6 heteroatoms. The fourth-order valence-corrected chi connectivity index (χ4v) is 3.42. The molecule has 1 aliphatic rings. The Morgan fingerprint density at radius 2 is 2.16 bits per heavy atom. The number of carbonyl (C=O) groups is 1. The summed E-state index contributed by atoms with van der Waals surface area (Å²) in [4.78, 5) is 14.6. The summed E-state index contributed by atoms with van der Waals surface area (Å²) in [5, 5.41) is 14.5. The lowest BCUT2D eigenvalue weighted by atomic mass is 9.88. The maximum Gasteiger partial charge on any atom is 0.272 e. The second-order valence-corrected chi connectivity index (χ2v) is 6.60. The van der Waals surface area contributed by atoms with Crippen molar-refractivity contribution in [2.45, 2.75) is 38.8 Å². The molecule has 1 N–H and O–H groups in total. The topological polar surface area (TPSA) is 58.4 Å². The molecular formula is C19H24FN3O2. The second kappa shape index (κ2) is 7.78. The van der Waals surface area contributed by atoms with Crippen molar-refractivity contribution in [3.8, 4) is 0 Å². The van der Waals surface area contributed by atoms with Crippen LogP contribution in [0.3, 0.4) is 0 Å². The van der Waals surface area contributed by atoms with E-state index >= 15 is 0 Å². The fraction of sp³-hybridized carbons (Fsp3) is 0.474. The van der Waals surface area contributed by atoms with Crippen LogP contribution in [0, 0.1) is 11.7 Å². The van der Waals surface area contributed by atoms with Crippen molar-refractivity contribution < 1.29 is 14.3 Å². The summed E-state index contributed by atoms with van der Waals surface area (Å²) in [6, 6.07) is 8.34. The zero-order chi connectivity index (χ0) is 17.8. The molecule has 1 aromatic heterocycles. The maximum absolute atomic E-state index is 13.9. The molecule has 0 saturated carbocycles. The van der Waals surface area contributed by atoms with E-state index in [9.17, 15) is 14.3 Å². The Labute approximate surface area is 147 Å². The van der Waals surface area contributed by atoms with Crippen molar-refractivity contribution >= 4 is 5.91 Å². The zero-order valence-electron chi connectivity index (χ0n) is 14.4. The monoisotopic (exact) mass is 345 g/mol. The molecular weight excluding hydrogens is 321 g/mol. The average Bonchev–Trinajstić information content (AvgIpc) is 3.07. The van der Waals surface area contributed by atoms with Crippen LogP contribution in [-0.2, 0) is 13.0 Å². The highest BCUT2D eigenvalue weighted by atomic mass is 19.1. The molecule has 1 saturated heterocycles. The van der Waals surface area contributed by atoms with E-state index in [2.05, 4.69) is 5.10 Å². The first kappa shape index (κ1) is 17.6. The first-order chi connectivity index (χ1) is 12.1. The van der Waals surface area contributed by atoms with Gasteiger partial charge in [0.2, 0.25) is 0 Å². The van der Waals surface area contributed by atoms with Gasteiger partial charge in [-0.25, -0.2) is 4.39 Å². The van der Waals surface area contributed by atoms with Crippen LogP contribution in [0.1, 0.15) is 35.8 Å².